The van der Waals surface area contributed by atoms with Gasteiger partial charge in [-0.2, -0.15) is 0 Å². The van der Waals surface area contributed by atoms with E-state index in [1.807, 2.05) is 6.08 Å². The van der Waals surface area contributed by atoms with Gasteiger partial charge in [0.2, 0.25) is 10.0 Å². The predicted molar refractivity (Wildman–Crippen MR) is 77.0 cm³/mol. The lowest BCUT2D eigenvalue weighted by Gasteiger charge is -2.23. The van der Waals surface area contributed by atoms with E-state index in [4.69, 9.17) is 11.6 Å². The average Bonchev–Trinajstić information content (AvgIpc) is 2.85. The second-order valence-corrected chi connectivity index (χ2v) is 8.23. The number of halogens is 1. The van der Waals surface area contributed by atoms with Crippen LogP contribution in [0.15, 0.2) is 28.5 Å². The van der Waals surface area contributed by atoms with Crippen molar-refractivity contribution in [1.29, 1.82) is 0 Å². The molecule has 0 saturated carbocycles. The highest BCUT2D eigenvalue weighted by Crippen LogP contribution is 2.26. The third kappa shape index (κ3) is 4.03. The Kier molecular flexibility index (Phi) is 5.03. The van der Waals surface area contributed by atoms with Crippen LogP contribution >= 0.6 is 22.9 Å². The summed E-state index contributed by atoms with van der Waals surface area (Å²) in [6, 6.07) is 3.01. The third-order valence-electron chi connectivity index (χ3n) is 3.15. The molecule has 0 aromatic carbocycles. The number of nitrogens with one attached hydrogen (secondary N) is 1. The van der Waals surface area contributed by atoms with Crippen LogP contribution in [-0.2, 0) is 10.0 Å². The standard InChI is InChI=1S/C12H16ClNO3S2/c13-11-6-7-12(18-11)19(16,17)14-8-10(15)9-4-2-1-3-5-9/h1-2,6-7,9-10,14-15H,3-5,8H2. The monoisotopic (exact) mass is 321 g/mol. The molecule has 2 unspecified atom stereocenters. The molecule has 2 atom stereocenters. The van der Waals surface area contributed by atoms with Gasteiger partial charge in [0.25, 0.3) is 0 Å². The highest BCUT2D eigenvalue weighted by molar-refractivity contribution is 7.91. The van der Waals surface area contributed by atoms with Gasteiger partial charge in [-0.05, 0) is 37.3 Å². The molecule has 4 nitrogen and oxygen atoms in total. The van der Waals surface area contributed by atoms with E-state index in [-0.39, 0.29) is 16.7 Å². The van der Waals surface area contributed by atoms with Crippen LogP contribution in [0.3, 0.4) is 0 Å². The molecule has 0 saturated heterocycles. The predicted octanol–water partition coefficient (Wildman–Crippen LogP) is 2.40. The summed E-state index contributed by atoms with van der Waals surface area (Å²) in [5.74, 6) is 0.125. The Bertz CT molecular complexity index is 553. The molecular formula is C12H16ClNO3S2. The van der Waals surface area contributed by atoms with E-state index in [1.165, 1.54) is 6.07 Å². The van der Waals surface area contributed by atoms with Gasteiger partial charge in [-0.25, -0.2) is 13.1 Å². The molecule has 1 aromatic rings. The summed E-state index contributed by atoms with van der Waals surface area (Å²) in [6.45, 7) is 0.0381. The smallest absolute Gasteiger partial charge is 0.250 e. The SMILES string of the molecule is O=S(=O)(NCC(O)C1CC=CCC1)c1ccc(Cl)s1. The molecule has 0 amide bonds. The molecule has 1 heterocycles. The van der Waals surface area contributed by atoms with Crippen molar-refractivity contribution in [3.63, 3.8) is 0 Å². The molecule has 1 aliphatic rings. The molecule has 1 aromatic heterocycles. The molecule has 1 aliphatic carbocycles. The van der Waals surface area contributed by atoms with Crippen molar-refractivity contribution in [2.24, 2.45) is 5.92 Å². The zero-order valence-electron chi connectivity index (χ0n) is 10.3. The molecule has 19 heavy (non-hydrogen) atoms. The van der Waals surface area contributed by atoms with E-state index >= 15 is 0 Å². The zero-order chi connectivity index (χ0) is 13.9. The molecule has 2 N–H and O–H groups in total. The Balaban J connectivity index is 1.92. The summed E-state index contributed by atoms with van der Waals surface area (Å²) in [5, 5.41) is 10.0. The largest absolute Gasteiger partial charge is 0.391 e. The minimum atomic E-state index is -3.57. The van der Waals surface area contributed by atoms with Crippen LogP contribution in [0.1, 0.15) is 19.3 Å². The van der Waals surface area contributed by atoms with Crippen LogP contribution in [0.4, 0.5) is 0 Å². The van der Waals surface area contributed by atoms with E-state index in [0.717, 1.165) is 30.6 Å². The second kappa shape index (κ2) is 6.37. The maximum atomic E-state index is 11.9. The molecule has 0 fully saturated rings. The van der Waals surface area contributed by atoms with Crippen LogP contribution in [0.5, 0.6) is 0 Å². The lowest BCUT2D eigenvalue weighted by atomic mass is 9.89. The van der Waals surface area contributed by atoms with Crippen molar-refractivity contribution in [2.45, 2.75) is 29.6 Å². The van der Waals surface area contributed by atoms with Gasteiger partial charge >= 0.3 is 0 Å². The zero-order valence-corrected chi connectivity index (χ0v) is 12.6. The first-order chi connectivity index (χ1) is 8.99. The van der Waals surface area contributed by atoms with Gasteiger partial charge < -0.3 is 5.11 Å². The maximum absolute atomic E-state index is 11.9. The van der Waals surface area contributed by atoms with E-state index in [0.29, 0.717) is 4.34 Å². The number of aliphatic hydroxyl groups is 1. The Labute approximate surface area is 122 Å². The molecule has 0 bridgehead atoms. The summed E-state index contributed by atoms with van der Waals surface area (Å²) in [5.41, 5.74) is 0. The van der Waals surface area contributed by atoms with Crippen molar-refractivity contribution in [2.75, 3.05) is 6.54 Å². The number of allylic oxidation sites excluding steroid dienone is 2. The minimum Gasteiger partial charge on any atom is -0.391 e. The molecular weight excluding hydrogens is 306 g/mol. The first kappa shape index (κ1) is 15.0. The highest BCUT2D eigenvalue weighted by atomic mass is 35.5. The third-order valence-corrected chi connectivity index (χ3v) is 6.30. The van der Waals surface area contributed by atoms with Crippen molar-refractivity contribution in [3.8, 4) is 0 Å². The number of sulfonamides is 1. The normalized spacial score (nSPS) is 21.5. The summed E-state index contributed by atoms with van der Waals surface area (Å²) in [6.07, 6.45) is 6.09. The first-order valence-electron chi connectivity index (χ1n) is 6.07. The van der Waals surface area contributed by atoms with Crippen LogP contribution < -0.4 is 4.72 Å². The molecule has 0 aliphatic heterocycles. The van der Waals surface area contributed by atoms with E-state index in [2.05, 4.69) is 10.8 Å². The Morgan fingerprint density at radius 2 is 2.26 bits per heavy atom. The number of hydrogen-bond acceptors (Lipinski definition) is 4. The lowest BCUT2D eigenvalue weighted by Crippen LogP contribution is -2.36. The van der Waals surface area contributed by atoms with Gasteiger partial charge in [0.05, 0.1) is 10.4 Å². The Hall–Kier alpha value is -0.400. The van der Waals surface area contributed by atoms with E-state index in [9.17, 15) is 13.5 Å². The molecule has 0 spiro atoms. The summed E-state index contributed by atoms with van der Waals surface area (Å²) in [4.78, 5) is 0. The van der Waals surface area contributed by atoms with Crippen molar-refractivity contribution in [3.05, 3.63) is 28.6 Å². The number of thiophene rings is 1. The quantitative estimate of drug-likeness (QED) is 0.818. The van der Waals surface area contributed by atoms with Gasteiger partial charge in [0.15, 0.2) is 0 Å². The second-order valence-electron chi connectivity index (χ2n) is 4.52. The summed E-state index contributed by atoms with van der Waals surface area (Å²) < 4.78 is 26.9. The van der Waals surface area contributed by atoms with Gasteiger partial charge in [-0.15, -0.1) is 11.3 Å². The van der Waals surface area contributed by atoms with Gasteiger partial charge in [-0.1, -0.05) is 23.8 Å². The highest BCUT2D eigenvalue weighted by Gasteiger charge is 2.23. The Morgan fingerprint density at radius 1 is 1.47 bits per heavy atom. The lowest BCUT2D eigenvalue weighted by molar-refractivity contribution is 0.106. The topological polar surface area (TPSA) is 66.4 Å². The molecule has 106 valence electrons. The number of hydrogen-bond donors (Lipinski definition) is 2. The van der Waals surface area contributed by atoms with Crippen molar-refractivity contribution in [1.82, 2.24) is 4.72 Å². The number of rotatable bonds is 5. The maximum Gasteiger partial charge on any atom is 0.250 e. The summed E-state index contributed by atoms with van der Waals surface area (Å²) >= 11 is 6.72. The molecule has 7 heteroatoms. The van der Waals surface area contributed by atoms with Gasteiger partial charge in [-0.3, -0.25) is 0 Å². The fourth-order valence-electron chi connectivity index (χ4n) is 2.04. The van der Waals surface area contributed by atoms with Crippen LogP contribution in [0.25, 0.3) is 0 Å². The van der Waals surface area contributed by atoms with Crippen LogP contribution in [0, 0.1) is 5.92 Å². The van der Waals surface area contributed by atoms with Crippen LogP contribution in [0.2, 0.25) is 4.34 Å². The first-order valence-corrected chi connectivity index (χ1v) is 8.75. The summed E-state index contributed by atoms with van der Waals surface area (Å²) in [7, 11) is -3.57. The average molecular weight is 322 g/mol. The molecule has 0 radical (unpaired) electrons. The molecule has 2 rings (SSSR count). The minimum absolute atomic E-state index is 0.0381. The van der Waals surface area contributed by atoms with Crippen molar-refractivity contribution < 1.29 is 13.5 Å². The van der Waals surface area contributed by atoms with E-state index < -0.39 is 16.1 Å². The van der Waals surface area contributed by atoms with E-state index in [1.54, 1.807) is 6.07 Å². The van der Waals surface area contributed by atoms with Crippen LogP contribution in [-0.4, -0.2) is 26.2 Å². The van der Waals surface area contributed by atoms with Crippen molar-refractivity contribution >= 4 is 33.0 Å². The Morgan fingerprint density at radius 3 is 2.84 bits per heavy atom. The fourth-order valence-corrected chi connectivity index (χ4v) is 4.62. The van der Waals surface area contributed by atoms with Gasteiger partial charge in [0.1, 0.15) is 4.21 Å². The fraction of sp³-hybridized carbons (Fsp3) is 0.500. The van der Waals surface area contributed by atoms with Gasteiger partial charge in [0, 0.05) is 6.54 Å². The number of aliphatic hydroxyl groups excluding tert-OH is 1.